The zero-order valence-corrected chi connectivity index (χ0v) is 15.5. The second kappa shape index (κ2) is 7.44. The van der Waals surface area contributed by atoms with Gasteiger partial charge in [-0.2, -0.15) is 0 Å². The van der Waals surface area contributed by atoms with E-state index < -0.39 is 76.9 Å². The molecule has 0 amide bonds. The van der Waals surface area contributed by atoms with E-state index in [9.17, 15) is 45.6 Å². The largest absolute Gasteiger partial charge is 0.504 e. The molecular weight excluding hydrogens is 420 g/mol. The van der Waals surface area contributed by atoms with Crippen molar-refractivity contribution in [3.8, 4) is 28.7 Å². The summed E-state index contributed by atoms with van der Waals surface area (Å²) in [4.78, 5) is 12.8. The molecule has 2 aromatic carbocycles. The van der Waals surface area contributed by atoms with Crippen molar-refractivity contribution in [3.05, 3.63) is 28.4 Å². The molecule has 0 saturated carbocycles. The Morgan fingerprint density at radius 3 is 2.19 bits per heavy atom. The van der Waals surface area contributed by atoms with Crippen molar-refractivity contribution in [1.29, 1.82) is 0 Å². The average Bonchev–Trinajstić information content (AvgIpc) is 2.72. The van der Waals surface area contributed by atoms with Crippen molar-refractivity contribution in [2.24, 2.45) is 0 Å². The molecule has 12 nitrogen and oxygen atoms in total. The summed E-state index contributed by atoms with van der Waals surface area (Å²) in [6.07, 6.45) is -8.30. The molecule has 31 heavy (non-hydrogen) atoms. The van der Waals surface area contributed by atoms with Crippen molar-refractivity contribution in [1.82, 2.24) is 0 Å². The number of aromatic hydroxyl groups is 4. The molecule has 166 valence electrons. The lowest BCUT2D eigenvalue weighted by atomic mass is 9.99. The average molecular weight is 438 g/mol. The van der Waals surface area contributed by atoms with Gasteiger partial charge in [-0.05, 0) is 6.07 Å². The number of aliphatic hydroxyl groups is 4. The quantitative estimate of drug-likeness (QED) is 0.182. The summed E-state index contributed by atoms with van der Waals surface area (Å²) in [7, 11) is 0. The van der Waals surface area contributed by atoms with Crippen LogP contribution in [0.4, 0.5) is 0 Å². The first-order chi connectivity index (χ1) is 14.6. The van der Waals surface area contributed by atoms with Gasteiger partial charge in [-0.1, -0.05) is 0 Å². The highest BCUT2D eigenvalue weighted by Crippen LogP contribution is 2.43. The second-order valence-electron chi connectivity index (χ2n) is 7.03. The molecule has 0 unspecified atom stereocenters. The fraction of sp³-hybridized carbons (Fsp3) is 0.316. The Labute approximate surface area is 172 Å². The van der Waals surface area contributed by atoms with Crippen LogP contribution in [0.25, 0.3) is 21.9 Å². The van der Waals surface area contributed by atoms with Gasteiger partial charge < -0.3 is 54.7 Å². The van der Waals surface area contributed by atoms with Crippen LogP contribution in [0.5, 0.6) is 28.7 Å². The molecule has 2 heterocycles. The van der Waals surface area contributed by atoms with Crippen LogP contribution in [-0.2, 0) is 4.74 Å². The summed E-state index contributed by atoms with van der Waals surface area (Å²) >= 11 is 0. The Kier molecular flexibility index (Phi) is 5.03. The Morgan fingerprint density at radius 2 is 1.52 bits per heavy atom. The van der Waals surface area contributed by atoms with Gasteiger partial charge in [0.2, 0.25) is 17.5 Å². The van der Waals surface area contributed by atoms with Gasteiger partial charge in [-0.25, -0.2) is 0 Å². The van der Waals surface area contributed by atoms with Crippen LogP contribution < -0.4 is 10.2 Å². The normalized spacial score (nSPS) is 26.4. The summed E-state index contributed by atoms with van der Waals surface area (Å²) in [5.74, 6) is -3.48. The van der Waals surface area contributed by atoms with Crippen LogP contribution in [0.3, 0.4) is 0 Å². The van der Waals surface area contributed by atoms with E-state index in [0.29, 0.717) is 0 Å². The summed E-state index contributed by atoms with van der Waals surface area (Å²) in [5.41, 5.74) is -1.24. The first-order valence-electron chi connectivity index (χ1n) is 8.98. The Bertz CT molecular complexity index is 1220. The highest BCUT2D eigenvalue weighted by molar-refractivity contribution is 5.96. The number of phenols is 4. The van der Waals surface area contributed by atoms with Gasteiger partial charge in [-0.3, -0.25) is 4.79 Å². The third-order valence-corrected chi connectivity index (χ3v) is 5.05. The zero-order chi connectivity index (χ0) is 22.6. The lowest BCUT2D eigenvalue weighted by molar-refractivity contribution is -0.277. The number of fused-ring (bicyclic) bond motifs is 2. The number of aliphatic hydroxyl groups excluding tert-OH is 4. The minimum atomic E-state index is -1.83. The van der Waals surface area contributed by atoms with Crippen LogP contribution in [0.1, 0.15) is 0 Å². The Balaban J connectivity index is 1.84. The van der Waals surface area contributed by atoms with E-state index in [0.717, 1.165) is 18.2 Å². The first-order valence-corrected chi connectivity index (χ1v) is 8.98. The van der Waals surface area contributed by atoms with E-state index in [2.05, 4.69) is 0 Å². The maximum Gasteiger partial charge on any atom is 0.229 e. The van der Waals surface area contributed by atoms with E-state index in [1.807, 2.05) is 0 Å². The van der Waals surface area contributed by atoms with Crippen LogP contribution in [-0.4, -0.2) is 78.2 Å². The molecule has 1 saturated heterocycles. The molecule has 4 rings (SSSR count). The van der Waals surface area contributed by atoms with E-state index in [-0.39, 0.29) is 16.6 Å². The highest BCUT2D eigenvalue weighted by atomic mass is 16.7. The van der Waals surface area contributed by atoms with E-state index in [4.69, 9.17) is 13.9 Å². The minimum absolute atomic E-state index is 0.130. The summed E-state index contributed by atoms with van der Waals surface area (Å²) in [5, 5.41) is 78.5. The van der Waals surface area contributed by atoms with Crippen molar-refractivity contribution in [2.45, 2.75) is 30.7 Å². The SMILES string of the molecule is O=c1c2cc(O)c(O)cc2oc2cc(O)c(O[C@@H]3O[C@H](CO)[C@@H](O)[C@@H](O)[C@H]3O)c(O)c12. The van der Waals surface area contributed by atoms with Gasteiger partial charge in [-0.15, -0.1) is 0 Å². The van der Waals surface area contributed by atoms with Crippen LogP contribution >= 0.6 is 0 Å². The number of ether oxygens (including phenoxy) is 2. The third-order valence-electron chi connectivity index (χ3n) is 5.05. The Hall–Kier alpha value is -3.29. The second-order valence-corrected chi connectivity index (χ2v) is 7.03. The van der Waals surface area contributed by atoms with Gasteiger partial charge in [0.25, 0.3) is 0 Å². The van der Waals surface area contributed by atoms with Gasteiger partial charge in [0.1, 0.15) is 41.0 Å². The fourth-order valence-corrected chi connectivity index (χ4v) is 3.38. The van der Waals surface area contributed by atoms with Crippen molar-refractivity contribution < 1.29 is 54.7 Å². The molecule has 1 aromatic heterocycles. The van der Waals surface area contributed by atoms with Gasteiger partial charge in [0.15, 0.2) is 23.0 Å². The number of hydrogen-bond donors (Lipinski definition) is 8. The van der Waals surface area contributed by atoms with Crippen molar-refractivity contribution >= 4 is 21.9 Å². The van der Waals surface area contributed by atoms with Crippen molar-refractivity contribution in [2.75, 3.05) is 6.61 Å². The summed E-state index contributed by atoms with van der Waals surface area (Å²) in [6.45, 7) is -0.730. The molecule has 0 spiro atoms. The van der Waals surface area contributed by atoms with Crippen LogP contribution in [0.2, 0.25) is 0 Å². The monoisotopic (exact) mass is 438 g/mol. The summed E-state index contributed by atoms with van der Waals surface area (Å²) < 4.78 is 15.9. The topological polar surface area (TPSA) is 211 Å². The maximum atomic E-state index is 12.8. The van der Waals surface area contributed by atoms with Gasteiger partial charge >= 0.3 is 0 Å². The zero-order valence-electron chi connectivity index (χ0n) is 15.5. The number of benzene rings is 2. The van der Waals surface area contributed by atoms with Crippen molar-refractivity contribution in [3.63, 3.8) is 0 Å². The molecule has 12 heteroatoms. The van der Waals surface area contributed by atoms with E-state index in [1.54, 1.807) is 0 Å². The van der Waals surface area contributed by atoms with Crippen LogP contribution in [0.15, 0.2) is 27.4 Å². The predicted molar refractivity (Wildman–Crippen MR) is 101 cm³/mol. The van der Waals surface area contributed by atoms with Gasteiger partial charge in [0, 0.05) is 12.1 Å². The number of hydrogen-bond acceptors (Lipinski definition) is 12. The van der Waals surface area contributed by atoms with Gasteiger partial charge in [0.05, 0.1) is 12.0 Å². The molecule has 1 aliphatic rings. The van der Waals surface area contributed by atoms with E-state index in [1.165, 1.54) is 0 Å². The minimum Gasteiger partial charge on any atom is -0.504 e. The standard InChI is InChI=1S/C19H18O12/c20-4-11-14(25)16(27)17(28)19(30-11)31-18-8(23)3-10-12(15(18)26)13(24)5-1-6(21)7(22)2-9(5)29-10/h1-3,11,14,16-17,19-23,25-28H,4H2/t11-,14-,16-,17-,19+/m1/s1. The molecule has 8 N–H and O–H groups in total. The molecule has 0 radical (unpaired) electrons. The van der Waals surface area contributed by atoms with E-state index >= 15 is 0 Å². The van der Waals surface area contributed by atoms with Crippen LogP contribution in [0, 0.1) is 0 Å². The molecule has 3 aromatic rings. The number of rotatable bonds is 3. The molecule has 0 bridgehead atoms. The lowest BCUT2D eigenvalue weighted by Gasteiger charge is -2.39. The molecule has 1 fully saturated rings. The fourth-order valence-electron chi connectivity index (χ4n) is 3.38. The smallest absolute Gasteiger partial charge is 0.229 e. The molecule has 5 atom stereocenters. The summed E-state index contributed by atoms with van der Waals surface area (Å²) in [6, 6.07) is 2.84. The maximum absolute atomic E-state index is 12.8. The third kappa shape index (κ3) is 3.26. The highest BCUT2D eigenvalue weighted by Gasteiger charge is 2.45. The predicted octanol–water partition coefficient (Wildman–Crippen LogP) is -1.05. The first kappa shape index (κ1) is 21.0. The molecule has 0 aliphatic carbocycles. The lowest BCUT2D eigenvalue weighted by Crippen LogP contribution is -2.60. The Morgan fingerprint density at radius 1 is 0.871 bits per heavy atom. The molecular formula is C19H18O12. The number of phenolic OH excluding ortho intramolecular Hbond substituents is 4. The molecule has 1 aliphatic heterocycles.